The Morgan fingerprint density at radius 1 is 1.43 bits per heavy atom. The van der Waals surface area contributed by atoms with Crippen molar-refractivity contribution in [2.75, 3.05) is 0 Å². The highest BCUT2D eigenvalue weighted by molar-refractivity contribution is 6.01. The van der Waals surface area contributed by atoms with Crippen molar-refractivity contribution in [1.29, 1.82) is 0 Å². The molecule has 0 unspecified atom stereocenters. The van der Waals surface area contributed by atoms with Crippen molar-refractivity contribution in [1.82, 2.24) is 0 Å². The van der Waals surface area contributed by atoms with Crippen LogP contribution < -0.4 is 0 Å². The van der Waals surface area contributed by atoms with E-state index in [0.717, 1.165) is 0 Å². The zero-order chi connectivity index (χ0) is 10.1. The van der Waals surface area contributed by atoms with Crippen molar-refractivity contribution >= 4 is 5.78 Å². The smallest absolute Gasteiger partial charge is 0.194 e. The third kappa shape index (κ3) is 1.69. The Labute approximate surface area is 82.3 Å². The van der Waals surface area contributed by atoms with Crippen molar-refractivity contribution in [2.24, 2.45) is 0 Å². The monoisotopic (exact) mass is 192 g/mol. The lowest BCUT2D eigenvalue weighted by Crippen LogP contribution is -2.17. The highest BCUT2D eigenvalue weighted by Crippen LogP contribution is 2.28. The molecule has 14 heavy (non-hydrogen) atoms. The molecule has 1 aliphatic rings. The summed E-state index contributed by atoms with van der Waals surface area (Å²) in [5, 5.41) is 9.18. The first-order valence-electron chi connectivity index (χ1n) is 4.63. The van der Waals surface area contributed by atoms with Gasteiger partial charge in [-0.2, -0.15) is 0 Å². The zero-order valence-electron chi connectivity index (χ0n) is 7.88. The summed E-state index contributed by atoms with van der Waals surface area (Å²) in [5.41, 5.74) is 0.639. The number of aliphatic hydroxyl groups is 1. The van der Waals surface area contributed by atoms with Crippen LogP contribution in [0.15, 0.2) is 30.3 Å². The van der Waals surface area contributed by atoms with E-state index in [0.29, 0.717) is 5.56 Å². The number of epoxide rings is 1. The van der Waals surface area contributed by atoms with Crippen LogP contribution in [0.5, 0.6) is 0 Å². The molecule has 0 spiro atoms. The van der Waals surface area contributed by atoms with Gasteiger partial charge in [0.1, 0.15) is 12.2 Å². The number of ether oxygens (including phenoxy) is 1. The fraction of sp³-hybridized carbons (Fsp3) is 0.364. The Hall–Kier alpha value is -1.19. The molecule has 1 heterocycles. The quantitative estimate of drug-likeness (QED) is 0.574. The van der Waals surface area contributed by atoms with Crippen molar-refractivity contribution in [2.45, 2.75) is 25.2 Å². The van der Waals surface area contributed by atoms with E-state index in [1.165, 1.54) is 0 Å². The van der Waals surface area contributed by atoms with E-state index in [4.69, 9.17) is 4.74 Å². The average molecular weight is 192 g/mol. The molecule has 1 fully saturated rings. The van der Waals surface area contributed by atoms with Gasteiger partial charge < -0.3 is 9.84 Å². The molecule has 0 bridgehead atoms. The minimum Gasteiger partial charge on any atom is -0.391 e. The summed E-state index contributed by atoms with van der Waals surface area (Å²) in [6.07, 6.45) is -1.34. The van der Waals surface area contributed by atoms with Gasteiger partial charge in [-0.25, -0.2) is 0 Å². The standard InChI is InChI=1S/C11H12O3/c1-7(12)10-11(14-10)9(13)8-5-3-2-4-6-8/h2-7,10-12H,1H3/t7-,10-,11+/m1/s1. The molecule has 3 heteroatoms. The fourth-order valence-corrected chi connectivity index (χ4v) is 1.47. The largest absolute Gasteiger partial charge is 0.391 e. The Bertz CT molecular complexity index is 332. The van der Waals surface area contributed by atoms with E-state index >= 15 is 0 Å². The number of ketones is 1. The van der Waals surface area contributed by atoms with Gasteiger partial charge in [-0.1, -0.05) is 30.3 Å². The number of Topliss-reactive ketones (excluding diaryl/α,β-unsaturated/α-hetero) is 1. The summed E-state index contributed by atoms with van der Waals surface area (Å²) in [4.78, 5) is 11.7. The van der Waals surface area contributed by atoms with Crippen molar-refractivity contribution in [3.8, 4) is 0 Å². The van der Waals surface area contributed by atoms with E-state index in [2.05, 4.69) is 0 Å². The normalized spacial score (nSPS) is 27.0. The fourth-order valence-electron chi connectivity index (χ4n) is 1.47. The summed E-state index contributed by atoms with van der Waals surface area (Å²) >= 11 is 0. The third-order valence-corrected chi connectivity index (χ3v) is 2.32. The van der Waals surface area contributed by atoms with Gasteiger partial charge in [0.2, 0.25) is 0 Å². The summed E-state index contributed by atoms with van der Waals surface area (Å²) in [7, 11) is 0. The van der Waals surface area contributed by atoms with Gasteiger partial charge in [0, 0.05) is 5.56 Å². The van der Waals surface area contributed by atoms with Crippen LogP contribution in [0.2, 0.25) is 0 Å². The Balaban J connectivity index is 2.05. The van der Waals surface area contributed by atoms with Gasteiger partial charge >= 0.3 is 0 Å². The Morgan fingerprint density at radius 2 is 2.07 bits per heavy atom. The first-order valence-corrected chi connectivity index (χ1v) is 4.63. The molecule has 74 valence electrons. The molecule has 1 saturated heterocycles. The van der Waals surface area contributed by atoms with E-state index in [9.17, 15) is 9.90 Å². The molecule has 1 aliphatic heterocycles. The van der Waals surface area contributed by atoms with Crippen LogP contribution in [0.1, 0.15) is 17.3 Å². The maximum absolute atomic E-state index is 11.7. The van der Waals surface area contributed by atoms with Gasteiger partial charge in [0.15, 0.2) is 5.78 Å². The zero-order valence-corrected chi connectivity index (χ0v) is 7.88. The third-order valence-electron chi connectivity index (χ3n) is 2.32. The molecule has 1 N–H and O–H groups in total. The molecular weight excluding hydrogens is 180 g/mol. The summed E-state index contributed by atoms with van der Waals surface area (Å²) < 4.78 is 5.10. The van der Waals surface area contributed by atoms with Crippen molar-refractivity contribution in [3.63, 3.8) is 0 Å². The summed E-state index contributed by atoms with van der Waals surface area (Å²) in [6, 6.07) is 8.99. The Morgan fingerprint density at radius 3 is 2.57 bits per heavy atom. The van der Waals surface area contributed by atoms with Crippen LogP contribution in [-0.4, -0.2) is 29.2 Å². The molecule has 3 nitrogen and oxygen atoms in total. The number of carbonyl (C=O) groups excluding carboxylic acids is 1. The first-order chi connectivity index (χ1) is 6.70. The highest BCUT2D eigenvalue weighted by Gasteiger charge is 2.47. The molecule has 1 aromatic rings. The number of hydrogen-bond donors (Lipinski definition) is 1. The van der Waals surface area contributed by atoms with E-state index in [-0.39, 0.29) is 11.9 Å². The lowest BCUT2D eigenvalue weighted by atomic mass is 10.1. The van der Waals surface area contributed by atoms with Crippen molar-refractivity contribution < 1.29 is 14.6 Å². The molecular formula is C11H12O3. The van der Waals surface area contributed by atoms with Crippen LogP contribution in [0, 0.1) is 0 Å². The average Bonchev–Trinajstić information content (AvgIpc) is 2.97. The lowest BCUT2D eigenvalue weighted by molar-refractivity contribution is 0.0953. The molecule has 0 aliphatic carbocycles. The number of carbonyl (C=O) groups is 1. The molecule has 0 saturated carbocycles. The minimum absolute atomic E-state index is 0.0449. The topological polar surface area (TPSA) is 49.8 Å². The first kappa shape index (κ1) is 9.37. The van der Waals surface area contributed by atoms with E-state index in [1.54, 1.807) is 19.1 Å². The van der Waals surface area contributed by atoms with Gasteiger partial charge in [-0.3, -0.25) is 4.79 Å². The second-order valence-corrected chi connectivity index (χ2v) is 3.49. The van der Waals surface area contributed by atoms with Crippen molar-refractivity contribution in [3.05, 3.63) is 35.9 Å². The summed E-state index contributed by atoms with van der Waals surface area (Å²) in [6.45, 7) is 1.63. The number of hydrogen-bond acceptors (Lipinski definition) is 3. The lowest BCUT2D eigenvalue weighted by Gasteiger charge is -1.97. The van der Waals surface area contributed by atoms with Crippen LogP contribution in [-0.2, 0) is 4.74 Å². The molecule has 1 aromatic carbocycles. The van der Waals surface area contributed by atoms with Gasteiger partial charge in [-0.15, -0.1) is 0 Å². The molecule has 3 atom stereocenters. The number of aliphatic hydroxyl groups excluding tert-OH is 1. The number of rotatable bonds is 3. The van der Waals surface area contributed by atoms with Gasteiger partial charge in [0.05, 0.1) is 6.10 Å². The number of benzene rings is 1. The predicted octanol–water partition coefficient (Wildman–Crippen LogP) is 1.02. The molecule has 0 aromatic heterocycles. The van der Waals surface area contributed by atoms with Crippen LogP contribution in [0.4, 0.5) is 0 Å². The van der Waals surface area contributed by atoms with E-state index in [1.807, 2.05) is 18.2 Å². The Kier molecular flexibility index (Phi) is 2.35. The minimum atomic E-state index is -0.576. The van der Waals surface area contributed by atoms with Crippen LogP contribution >= 0.6 is 0 Å². The van der Waals surface area contributed by atoms with Gasteiger partial charge in [0.25, 0.3) is 0 Å². The maximum atomic E-state index is 11.7. The second kappa shape index (κ2) is 3.52. The molecule has 0 amide bonds. The van der Waals surface area contributed by atoms with Crippen LogP contribution in [0.25, 0.3) is 0 Å². The van der Waals surface area contributed by atoms with Gasteiger partial charge in [-0.05, 0) is 6.92 Å². The summed E-state index contributed by atoms with van der Waals surface area (Å²) in [5.74, 6) is -0.0449. The molecule has 2 rings (SSSR count). The molecule has 0 radical (unpaired) electrons. The highest BCUT2D eigenvalue weighted by atomic mass is 16.6. The van der Waals surface area contributed by atoms with E-state index < -0.39 is 12.2 Å². The second-order valence-electron chi connectivity index (χ2n) is 3.49. The maximum Gasteiger partial charge on any atom is 0.194 e. The predicted molar refractivity (Wildman–Crippen MR) is 51.1 cm³/mol. The van der Waals surface area contributed by atoms with Crippen LogP contribution in [0.3, 0.4) is 0 Å². The SMILES string of the molecule is C[C@@H](O)[C@H]1O[C@H]1C(=O)c1ccccc1.